The standard InChI is InChI=1S/C24H28N4O5S/c1-14-7-5-6-10-28(14)19(29)12-27-13-25-23-20(24(27)31)15(2)21(34-23)22(30)26-17-11-16(32-3)8-9-18(17)33-4/h8-9,11,13-14H,5-7,10,12H2,1-4H3,(H,26,30). The number of nitrogens with zero attached hydrogens (tertiary/aromatic N) is 3. The van der Waals surface area contributed by atoms with Gasteiger partial charge in [0, 0.05) is 18.7 Å². The number of nitrogens with one attached hydrogen (secondary N) is 1. The molecule has 1 unspecified atom stereocenters. The second kappa shape index (κ2) is 9.84. The van der Waals surface area contributed by atoms with E-state index in [2.05, 4.69) is 10.3 Å². The number of hydrogen-bond acceptors (Lipinski definition) is 7. The minimum Gasteiger partial charge on any atom is -0.497 e. The van der Waals surface area contributed by atoms with Gasteiger partial charge in [-0.05, 0) is 50.8 Å². The molecule has 0 spiro atoms. The number of amides is 2. The Labute approximate surface area is 201 Å². The molecule has 2 amide bonds. The number of likely N-dealkylation sites (tertiary alicyclic amines) is 1. The molecule has 0 aliphatic carbocycles. The van der Waals surface area contributed by atoms with Gasteiger partial charge in [-0.15, -0.1) is 11.3 Å². The topological polar surface area (TPSA) is 103 Å². The summed E-state index contributed by atoms with van der Waals surface area (Å²) in [7, 11) is 3.05. The van der Waals surface area contributed by atoms with Crippen LogP contribution in [-0.4, -0.2) is 53.1 Å². The molecule has 1 saturated heterocycles. The van der Waals surface area contributed by atoms with Crippen molar-refractivity contribution in [2.24, 2.45) is 0 Å². The monoisotopic (exact) mass is 484 g/mol. The Bertz CT molecular complexity index is 1300. The lowest BCUT2D eigenvalue weighted by Gasteiger charge is -2.33. The van der Waals surface area contributed by atoms with Crippen LogP contribution >= 0.6 is 11.3 Å². The van der Waals surface area contributed by atoms with Crippen molar-refractivity contribution >= 4 is 39.1 Å². The van der Waals surface area contributed by atoms with Crippen LogP contribution in [-0.2, 0) is 11.3 Å². The highest BCUT2D eigenvalue weighted by Gasteiger charge is 2.25. The molecule has 3 aromatic rings. The molecule has 0 saturated carbocycles. The highest BCUT2D eigenvalue weighted by Crippen LogP contribution is 2.32. The van der Waals surface area contributed by atoms with E-state index in [-0.39, 0.29) is 30.0 Å². The number of piperidine rings is 1. The third kappa shape index (κ3) is 4.50. The number of hydrogen-bond donors (Lipinski definition) is 1. The molecule has 1 fully saturated rings. The van der Waals surface area contributed by atoms with Crippen molar-refractivity contribution in [3.8, 4) is 11.5 Å². The Morgan fingerprint density at radius 3 is 2.74 bits per heavy atom. The van der Waals surface area contributed by atoms with E-state index in [9.17, 15) is 14.4 Å². The normalized spacial score (nSPS) is 15.9. The van der Waals surface area contributed by atoms with E-state index in [0.29, 0.717) is 44.4 Å². The van der Waals surface area contributed by atoms with Crippen molar-refractivity contribution in [1.82, 2.24) is 14.5 Å². The summed E-state index contributed by atoms with van der Waals surface area (Å²) in [6, 6.07) is 5.27. The molecule has 0 radical (unpaired) electrons. The lowest BCUT2D eigenvalue weighted by Crippen LogP contribution is -2.44. The molecule has 1 atom stereocenters. The van der Waals surface area contributed by atoms with Gasteiger partial charge < -0.3 is 19.7 Å². The van der Waals surface area contributed by atoms with Crippen LogP contribution in [0.4, 0.5) is 5.69 Å². The molecule has 0 bridgehead atoms. The summed E-state index contributed by atoms with van der Waals surface area (Å²) >= 11 is 1.14. The van der Waals surface area contributed by atoms with E-state index >= 15 is 0 Å². The van der Waals surface area contributed by atoms with E-state index in [1.54, 1.807) is 25.1 Å². The van der Waals surface area contributed by atoms with Crippen molar-refractivity contribution in [1.29, 1.82) is 0 Å². The fourth-order valence-electron chi connectivity index (χ4n) is 4.28. The molecule has 2 aromatic heterocycles. The smallest absolute Gasteiger partial charge is 0.266 e. The lowest BCUT2D eigenvalue weighted by molar-refractivity contribution is -0.135. The third-order valence-electron chi connectivity index (χ3n) is 6.21. The van der Waals surface area contributed by atoms with Gasteiger partial charge in [-0.2, -0.15) is 0 Å². The fourth-order valence-corrected chi connectivity index (χ4v) is 5.32. The molecular formula is C24H28N4O5S. The zero-order valence-corrected chi connectivity index (χ0v) is 20.5. The maximum absolute atomic E-state index is 13.2. The van der Waals surface area contributed by atoms with Crippen LogP contribution < -0.4 is 20.3 Å². The summed E-state index contributed by atoms with van der Waals surface area (Å²) in [6.45, 7) is 4.40. The van der Waals surface area contributed by atoms with Crippen LogP contribution in [0.1, 0.15) is 41.4 Å². The van der Waals surface area contributed by atoms with Gasteiger partial charge in [0.2, 0.25) is 5.91 Å². The summed E-state index contributed by atoms with van der Waals surface area (Å²) in [6.07, 6.45) is 4.44. The number of aromatic nitrogens is 2. The molecule has 3 heterocycles. The quantitative estimate of drug-likeness (QED) is 0.575. The summed E-state index contributed by atoms with van der Waals surface area (Å²) < 4.78 is 11.9. The predicted molar refractivity (Wildman–Crippen MR) is 131 cm³/mol. The molecule has 1 aromatic carbocycles. The average molecular weight is 485 g/mol. The SMILES string of the molecule is COc1ccc(OC)c(NC(=O)c2sc3ncn(CC(=O)N4CCCCC4C)c(=O)c3c2C)c1. The number of methoxy groups -OCH3 is 2. The van der Waals surface area contributed by atoms with Crippen LogP contribution in [0.25, 0.3) is 10.2 Å². The van der Waals surface area contributed by atoms with E-state index in [1.165, 1.54) is 25.1 Å². The first-order chi connectivity index (χ1) is 16.3. The van der Waals surface area contributed by atoms with E-state index in [0.717, 1.165) is 30.6 Å². The Balaban J connectivity index is 1.62. The van der Waals surface area contributed by atoms with Gasteiger partial charge in [0.15, 0.2) is 0 Å². The summed E-state index contributed by atoms with van der Waals surface area (Å²) in [5.74, 6) is 0.586. The average Bonchev–Trinajstić information content (AvgIpc) is 3.18. The second-order valence-electron chi connectivity index (χ2n) is 8.37. The van der Waals surface area contributed by atoms with Crippen molar-refractivity contribution in [3.05, 3.63) is 45.3 Å². The Hall–Kier alpha value is -3.40. The molecule has 1 aliphatic rings. The molecule has 1 aliphatic heterocycles. The third-order valence-corrected chi connectivity index (χ3v) is 7.41. The Kier molecular flexibility index (Phi) is 6.87. The van der Waals surface area contributed by atoms with Gasteiger partial charge in [-0.3, -0.25) is 19.0 Å². The van der Waals surface area contributed by atoms with Crippen LogP contribution in [0.15, 0.2) is 29.3 Å². The number of aryl methyl sites for hydroxylation is 1. The van der Waals surface area contributed by atoms with Gasteiger partial charge in [-0.25, -0.2) is 4.98 Å². The maximum atomic E-state index is 13.2. The van der Waals surface area contributed by atoms with Crippen LogP contribution in [0.2, 0.25) is 0 Å². The molecule has 1 N–H and O–H groups in total. The minimum absolute atomic E-state index is 0.0655. The van der Waals surface area contributed by atoms with Crippen molar-refractivity contribution in [3.63, 3.8) is 0 Å². The number of ether oxygens (including phenoxy) is 2. The molecular weight excluding hydrogens is 456 g/mol. The van der Waals surface area contributed by atoms with E-state index in [1.807, 2.05) is 11.8 Å². The highest BCUT2D eigenvalue weighted by atomic mass is 32.1. The number of anilines is 1. The molecule has 4 rings (SSSR count). The van der Waals surface area contributed by atoms with Gasteiger partial charge >= 0.3 is 0 Å². The number of rotatable bonds is 6. The first-order valence-corrected chi connectivity index (χ1v) is 12.0. The number of carbonyl (C=O) groups is 2. The van der Waals surface area contributed by atoms with Crippen LogP contribution in [0.5, 0.6) is 11.5 Å². The lowest BCUT2D eigenvalue weighted by atomic mass is 10.0. The maximum Gasteiger partial charge on any atom is 0.266 e. The van der Waals surface area contributed by atoms with Gasteiger partial charge in [0.1, 0.15) is 22.9 Å². The van der Waals surface area contributed by atoms with Crippen molar-refractivity contribution < 1.29 is 19.1 Å². The van der Waals surface area contributed by atoms with Crippen LogP contribution in [0.3, 0.4) is 0 Å². The summed E-state index contributed by atoms with van der Waals surface area (Å²) in [5.41, 5.74) is 0.662. The first kappa shape index (κ1) is 23.7. The number of thiophene rings is 1. The summed E-state index contributed by atoms with van der Waals surface area (Å²) in [4.78, 5) is 46.2. The molecule has 10 heteroatoms. The summed E-state index contributed by atoms with van der Waals surface area (Å²) in [5, 5.41) is 3.19. The van der Waals surface area contributed by atoms with Gasteiger partial charge in [-0.1, -0.05) is 0 Å². The predicted octanol–water partition coefficient (Wildman–Crippen LogP) is 3.44. The van der Waals surface area contributed by atoms with E-state index < -0.39 is 0 Å². The first-order valence-electron chi connectivity index (χ1n) is 11.2. The van der Waals surface area contributed by atoms with Crippen molar-refractivity contribution in [2.75, 3.05) is 26.1 Å². The second-order valence-corrected chi connectivity index (χ2v) is 9.37. The molecule has 180 valence electrons. The number of fused-ring (bicyclic) bond motifs is 1. The van der Waals surface area contributed by atoms with Crippen molar-refractivity contribution in [2.45, 2.75) is 45.7 Å². The molecule has 34 heavy (non-hydrogen) atoms. The molecule has 9 nitrogen and oxygen atoms in total. The fraction of sp³-hybridized carbons (Fsp3) is 0.417. The van der Waals surface area contributed by atoms with Gasteiger partial charge in [0.05, 0.1) is 36.5 Å². The minimum atomic E-state index is -0.378. The largest absolute Gasteiger partial charge is 0.497 e. The van der Waals surface area contributed by atoms with Gasteiger partial charge in [0.25, 0.3) is 11.5 Å². The number of carbonyl (C=O) groups excluding carboxylic acids is 2. The Morgan fingerprint density at radius 2 is 2.03 bits per heavy atom. The highest BCUT2D eigenvalue weighted by molar-refractivity contribution is 7.20. The van der Waals surface area contributed by atoms with Crippen LogP contribution in [0, 0.1) is 6.92 Å². The number of benzene rings is 1. The Morgan fingerprint density at radius 1 is 1.24 bits per heavy atom. The zero-order chi connectivity index (χ0) is 24.4. The van der Waals surface area contributed by atoms with E-state index in [4.69, 9.17) is 9.47 Å². The zero-order valence-electron chi connectivity index (χ0n) is 19.7.